The fourth-order valence-corrected chi connectivity index (χ4v) is 3.31. The van der Waals surface area contributed by atoms with Crippen molar-refractivity contribution >= 4 is 17.5 Å². The fraction of sp³-hybridized carbons (Fsp3) is 0.333. The molecule has 1 heterocycles. The van der Waals surface area contributed by atoms with Crippen LogP contribution in [0.4, 0.5) is 5.69 Å². The zero-order valence-electron chi connectivity index (χ0n) is 15.3. The van der Waals surface area contributed by atoms with Crippen LogP contribution in [0.5, 0.6) is 0 Å². The van der Waals surface area contributed by atoms with E-state index in [1.807, 2.05) is 66.4 Å². The van der Waals surface area contributed by atoms with Crippen LogP contribution in [0.2, 0.25) is 0 Å². The van der Waals surface area contributed by atoms with Crippen LogP contribution >= 0.6 is 0 Å². The van der Waals surface area contributed by atoms with E-state index in [2.05, 4.69) is 17.4 Å². The van der Waals surface area contributed by atoms with Crippen molar-refractivity contribution in [2.24, 2.45) is 0 Å². The summed E-state index contributed by atoms with van der Waals surface area (Å²) < 4.78 is 0. The van der Waals surface area contributed by atoms with Crippen LogP contribution in [0, 0.1) is 0 Å². The van der Waals surface area contributed by atoms with Crippen molar-refractivity contribution in [3.8, 4) is 0 Å². The quantitative estimate of drug-likeness (QED) is 0.869. The van der Waals surface area contributed by atoms with E-state index in [0.717, 1.165) is 12.1 Å². The van der Waals surface area contributed by atoms with E-state index in [-0.39, 0.29) is 17.9 Å². The SMILES string of the molecule is CN(C)c1ccccc1C(=O)NC1CC(=O)N(CCc2ccccc2)C1. The molecule has 0 aliphatic carbocycles. The van der Waals surface area contributed by atoms with Crippen molar-refractivity contribution < 1.29 is 9.59 Å². The first-order valence-electron chi connectivity index (χ1n) is 8.93. The first kappa shape index (κ1) is 18.0. The first-order valence-corrected chi connectivity index (χ1v) is 8.93. The topological polar surface area (TPSA) is 52.7 Å². The van der Waals surface area contributed by atoms with Crippen LogP contribution < -0.4 is 10.2 Å². The second-order valence-corrected chi connectivity index (χ2v) is 6.86. The van der Waals surface area contributed by atoms with Crippen molar-refractivity contribution in [3.63, 3.8) is 0 Å². The van der Waals surface area contributed by atoms with Crippen molar-refractivity contribution in [3.05, 3.63) is 65.7 Å². The van der Waals surface area contributed by atoms with E-state index >= 15 is 0 Å². The van der Waals surface area contributed by atoms with E-state index in [9.17, 15) is 9.59 Å². The predicted molar refractivity (Wildman–Crippen MR) is 103 cm³/mol. The number of anilines is 1. The van der Waals surface area contributed by atoms with Crippen LogP contribution in [0.25, 0.3) is 0 Å². The molecule has 1 fully saturated rings. The molecule has 0 radical (unpaired) electrons. The van der Waals surface area contributed by atoms with Crippen molar-refractivity contribution in [1.29, 1.82) is 0 Å². The summed E-state index contributed by atoms with van der Waals surface area (Å²) in [6.45, 7) is 1.25. The van der Waals surface area contributed by atoms with E-state index in [0.29, 0.717) is 25.1 Å². The summed E-state index contributed by atoms with van der Waals surface area (Å²) in [6.07, 6.45) is 1.20. The van der Waals surface area contributed by atoms with E-state index in [4.69, 9.17) is 0 Å². The summed E-state index contributed by atoms with van der Waals surface area (Å²) in [4.78, 5) is 28.7. The van der Waals surface area contributed by atoms with Crippen molar-refractivity contribution in [2.75, 3.05) is 32.1 Å². The Labute approximate surface area is 154 Å². The average Bonchev–Trinajstić information content (AvgIpc) is 3.00. The predicted octanol–water partition coefficient (Wildman–Crippen LogP) is 2.33. The maximum atomic E-state index is 12.7. The van der Waals surface area contributed by atoms with Gasteiger partial charge in [0.05, 0.1) is 11.6 Å². The van der Waals surface area contributed by atoms with Crippen LogP contribution in [0.1, 0.15) is 22.3 Å². The lowest BCUT2D eigenvalue weighted by Crippen LogP contribution is -2.38. The molecule has 0 saturated carbocycles. The Morgan fingerprint density at radius 3 is 2.54 bits per heavy atom. The minimum atomic E-state index is -0.138. The van der Waals surface area contributed by atoms with E-state index in [1.54, 1.807) is 0 Å². The third-order valence-corrected chi connectivity index (χ3v) is 4.69. The molecular formula is C21H25N3O2. The van der Waals surface area contributed by atoms with E-state index in [1.165, 1.54) is 5.56 Å². The highest BCUT2D eigenvalue weighted by Crippen LogP contribution is 2.19. The zero-order chi connectivity index (χ0) is 18.5. The normalized spacial score (nSPS) is 16.6. The minimum absolute atomic E-state index is 0.104. The van der Waals surface area contributed by atoms with Crippen molar-refractivity contribution in [2.45, 2.75) is 18.9 Å². The summed E-state index contributed by atoms with van der Waals surface area (Å²) in [5.41, 5.74) is 2.72. The zero-order valence-corrected chi connectivity index (χ0v) is 15.3. The summed E-state index contributed by atoms with van der Waals surface area (Å²) in [5, 5.41) is 3.02. The van der Waals surface area contributed by atoms with Crippen LogP contribution in [0.3, 0.4) is 0 Å². The Bertz CT molecular complexity index is 774. The second-order valence-electron chi connectivity index (χ2n) is 6.86. The van der Waals surface area contributed by atoms with Crippen molar-refractivity contribution in [1.82, 2.24) is 10.2 Å². The number of nitrogens with one attached hydrogen (secondary N) is 1. The molecule has 2 amide bonds. The molecule has 0 aromatic heterocycles. The number of nitrogens with zero attached hydrogens (tertiary/aromatic N) is 2. The van der Waals surface area contributed by atoms with Crippen LogP contribution in [-0.4, -0.2) is 49.9 Å². The van der Waals surface area contributed by atoms with Gasteiger partial charge < -0.3 is 15.1 Å². The largest absolute Gasteiger partial charge is 0.377 e. The van der Waals surface area contributed by atoms with Gasteiger partial charge in [-0.05, 0) is 24.1 Å². The number of hydrogen-bond donors (Lipinski definition) is 1. The molecule has 5 heteroatoms. The number of para-hydroxylation sites is 1. The molecule has 1 aliphatic rings. The smallest absolute Gasteiger partial charge is 0.253 e. The van der Waals surface area contributed by atoms with Gasteiger partial charge in [0, 0.05) is 39.3 Å². The first-order chi connectivity index (χ1) is 12.5. The van der Waals surface area contributed by atoms with Gasteiger partial charge in [0.25, 0.3) is 5.91 Å². The highest BCUT2D eigenvalue weighted by molar-refractivity contribution is 6.00. The second kappa shape index (κ2) is 8.04. The number of rotatable bonds is 6. The van der Waals surface area contributed by atoms with Crippen LogP contribution in [0.15, 0.2) is 54.6 Å². The summed E-state index contributed by atoms with van der Waals surface area (Å²) in [5.74, 6) is -0.0239. The molecule has 1 saturated heterocycles. The maximum absolute atomic E-state index is 12.7. The molecule has 0 spiro atoms. The fourth-order valence-electron chi connectivity index (χ4n) is 3.31. The molecule has 1 unspecified atom stereocenters. The highest BCUT2D eigenvalue weighted by atomic mass is 16.2. The molecule has 1 aliphatic heterocycles. The summed E-state index contributed by atoms with van der Waals surface area (Å²) >= 11 is 0. The number of carbonyl (C=O) groups is 2. The summed E-state index contributed by atoms with van der Waals surface area (Å²) in [7, 11) is 3.83. The molecule has 1 N–H and O–H groups in total. The molecule has 2 aromatic rings. The molecule has 2 aromatic carbocycles. The Balaban J connectivity index is 1.58. The molecule has 26 heavy (non-hydrogen) atoms. The third-order valence-electron chi connectivity index (χ3n) is 4.69. The monoisotopic (exact) mass is 351 g/mol. The van der Waals surface area contributed by atoms with Gasteiger partial charge in [-0.2, -0.15) is 0 Å². The molecule has 5 nitrogen and oxygen atoms in total. The third kappa shape index (κ3) is 4.23. The highest BCUT2D eigenvalue weighted by Gasteiger charge is 2.30. The Morgan fingerprint density at radius 2 is 1.81 bits per heavy atom. The molecule has 3 rings (SSSR count). The standard InChI is InChI=1S/C21H25N3O2/c1-23(2)19-11-7-6-10-18(19)21(26)22-17-14-20(25)24(15-17)13-12-16-8-4-3-5-9-16/h3-11,17H,12-15H2,1-2H3,(H,22,26). The minimum Gasteiger partial charge on any atom is -0.377 e. The van der Waals surface area contributed by atoms with Gasteiger partial charge in [0.2, 0.25) is 5.91 Å². The number of hydrogen-bond acceptors (Lipinski definition) is 3. The summed E-state index contributed by atoms with van der Waals surface area (Å²) in [6, 6.07) is 17.5. The maximum Gasteiger partial charge on any atom is 0.253 e. The number of amides is 2. The average molecular weight is 351 g/mol. The molecule has 136 valence electrons. The van der Waals surface area contributed by atoms with Gasteiger partial charge in [-0.3, -0.25) is 9.59 Å². The Morgan fingerprint density at radius 1 is 1.12 bits per heavy atom. The molecule has 0 bridgehead atoms. The molecule has 1 atom stereocenters. The van der Waals surface area contributed by atoms with Gasteiger partial charge in [-0.1, -0.05) is 42.5 Å². The van der Waals surface area contributed by atoms with Crippen LogP contribution in [-0.2, 0) is 11.2 Å². The van der Waals surface area contributed by atoms with E-state index < -0.39 is 0 Å². The number of carbonyl (C=O) groups excluding carboxylic acids is 2. The van der Waals surface area contributed by atoms with Gasteiger partial charge in [-0.25, -0.2) is 0 Å². The lowest BCUT2D eigenvalue weighted by atomic mass is 10.1. The lowest BCUT2D eigenvalue weighted by Gasteiger charge is -2.19. The number of benzene rings is 2. The Hall–Kier alpha value is -2.82. The van der Waals surface area contributed by atoms with Gasteiger partial charge in [0.15, 0.2) is 0 Å². The Kier molecular flexibility index (Phi) is 5.56. The number of likely N-dealkylation sites (tertiary alicyclic amines) is 1. The van der Waals surface area contributed by atoms with Gasteiger partial charge in [-0.15, -0.1) is 0 Å². The lowest BCUT2D eigenvalue weighted by molar-refractivity contribution is -0.127. The van der Waals surface area contributed by atoms with Gasteiger partial charge >= 0.3 is 0 Å². The van der Waals surface area contributed by atoms with Gasteiger partial charge in [0.1, 0.15) is 0 Å². The molecular weight excluding hydrogens is 326 g/mol.